The Morgan fingerprint density at radius 3 is 2.93 bits per heavy atom. The van der Waals surface area contributed by atoms with Crippen molar-refractivity contribution in [2.24, 2.45) is 5.73 Å². The van der Waals surface area contributed by atoms with E-state index in [-0.39, 0.29) is 0 Å². The van der Waals surface area contributed by atoms with Gasteiger partial charge in [0.05, 0.1) is 11.6 Å². The number of aryl methyl sites for hydroxylation is 1. The molecule has 2 N–H and O–H groups in total. The molecule has 0 aromatic carbocycles. The zero-order chi connectivity index (χ0) is 10.4. The number of ether oxygens (including phenoxy) is 1. The van der Waals surface area contributed by atoms with Crippen LogP contribution in [-0.4, -0.2) is 24.5 Å². The van der Waals surface area contributed by atoms with Crippen LogP contribution < -0.4 is 5.73 Å². The highest BCUT2D eigenvalue weighted by Crippen LogP contribution is 2.17. The summed E-state index contributed by atoms with van der Waals surface area (Å²) in [4.78, 5) is 4.41. The Morgan fingerprint density at radius 1 is 1.50 bits per heavy atom. The average Bonchev–Trinajstić information content (AvgIpc) is 2.17. The van der Waals surface area contributed by atoms with Gasteiger partial charge in [0.25, 0.3) is 0 Å². The summed E-state index contributed by atoms with van der Waals surface area (Å²) in [6.07, 6.45) is 0. The van der Waals surface area contributed by atoms with Crippen LogP contribution in [0.1, 0.15) is 11.3 Å². The molecule has 0 bridgehead atoms. The number of hydrogen-bond acceptors (Lipinski definition) is 4. The highest BCUT2D eigenvalue weighted by molar-refractivity contribution is 7.99. The predicted molar refractivity (Wildman–Crippen MR) is 59.5 cm³/mol. The first kappa shape index (κ1) is 11.5. The highest BCUT2D eigenvalue weighted by atomic mass is 32.2. The number of thioether (sulfide) groups is 1. The second-order valence-electron chi connectivity index (χ2n) is 3.00. The largest absolute Gasteiger partial charge is 0.384 e. The summed E-state index contributed by atoms with van der Waals surface area (Å²) in [5.41, 5.74) is 7.74. The van der Waals surface area contributed by atoms with Crippen molar-refractivity contribution in [1.29, 1.82) is 0 Å². The maximum atomic E-state index is 5.58. The lowest BCUT2D eigenvalue weighted by atomic mass is 10.2. The van der Waals surface area contributed by atoms with E-state index in [4.69, 9.17) is 10.5 Å². The van der Waals surface area contributed by atoms with Crippen LogP contribution in [0.15, 0.2) is 17.2 Å². The van der Waals surface area contributed by atoms with Gasteiger partial charge in [-0.2, -0.15) is 0 Å². The molecule has 0 spiro atoms. The van der Waals surface area contributed by atoms with Crippen molar-refractivity contribution in [3.8, 4) is 0 Å². The van der Waals surface area contributed by atoms with E-state index in [1.165, 1.54) is 0 Å². The summed E-state index contributed by atoms with van der Waals surface area (Å²) in [6, 6.07) is 4.05. The quantitative estimate of drug-likeness (QED) is 0.595. The maximum Gasteiger partial charge on any atom is 0.0967 e. The van der Waals surface area contributed by atoms with Gasteiger partial charge in [0, 0.05) is 25.1 Å². The van der Waals surface area contributed by atoms with Gasteiger partial charge in [0.2, 0.25) is 0 Å². The molecule has 0 fully saturated rings. The maximum absolute atomic E-state index is 5.58. The van der Waals surface area contributed by atoms with E-state index in [0.717, 1.165) is 28.6 Å². The second kappa shape index (κ2) is 6.01. The molecule has 1 rings (SSSR count). The molecule has 0 aliphatic heterocycles. The fourth-order valence-corrected chi connectivity index (χ4v) is 2.03. The van der Waals surface area contributed by atoms with E-state index < -0.39 is 0 Å². The Kier molecular flexibility index (Phi) is 4.93. The molecule has 1 aromatic rings. The lowest BCUT2D eigenvalue weighted by Crippen LogP contribution is -1.99. The van der Waals surface area contributed by atoms with Gasteiger partial charge in [-0.15, -0.1) is 11.8 Å². The molecule has 0 atom stereocenters. The summed E-state index contributed by atoms with van der Waals surface area (Å²) >= 11 is 1.70. The standard InChI is InChI=1S/C10H16N2OS/c1-8-5-9(7-11)6-10(12-8)14-4-3-13-2/h5-6H,3-4,7,11H2,1-2H3. The first-order chi connectivity index (χ1) is 6.76. The van der Waals surface area contributed by atoms with E-state index in [1.807, 2.05) is 19.1 Å². The Balaban J connectivity index is 2.62. The number of methoxy groups -OCH3 is 1. The topological polar surface area (TPSA) is 48.1 Å². The summed E-state index contributed by atoms with van der Waals surface area (Å²) < 4.78 is 4.98. The molecule has 1 heterocycles. The van der Waals surface area contributed by atoms with Crippen LogP contribution in [0.5, 0.6) is 0 Å². The van der Waals surface area contributed by atoms with Crippen molar-refractivity contribution in [3.05, 3.63) is 23.4 Å². The first-order valence-corrected chi connectivity index (χ1v) is 5.54. The van der Waals surface area contributed by atoms with Gasteiger partial charge >= 0.3 is 0 Å². The van der Waals surface area contributed by atoms with E-state index in [1.54, 1.807) is 18.9 Å². The third-order valence-electron chi connectivity index (χ3n) is 1.76. The predicted octanol–water partition coefficient (Wildman–Crippen LogP) is 1.59. The van der Waals surface area contributed by atoms with Crippen molar-refractivity contribution in [3.63, 3.8) is 0 Å². The number of rotatable bonds is 5. The van der Waals surface area contributed by atoms with Gasteiger partial charge in [-0.25, -0.2) is 4.98 Å². The van der Waals surface area contributed by atoms with Gasteiger partial charge < -0.3 is 10.5 Å². The van der Waals surface area contributed by atoms with E-state index in [0.29, 0.717) is 6.54 Å². The van der Waals surface area contributed by atoms with Crippen LogP contribution >= 0.6 is 11.8 Å². The smallest absolute Gasteiger partial charge is 0.0967 e. The molecule has 0 unspecified atom stereocenters. The van der Waals surface area contributed by atoms with E-state index >= 15 is 0 Å². The van der Waals surface area contributed by atoms with Crippen LogP contribution in [0.3, 0.4) is 0 Å². The van der Waals surface area contributed by atoms with Gasteiger partial charge in [0.15, 0.2) is 0 Å². The van der Waals surface area contributed by atoms with Gasteiger partial charge in [-0.3, -0.25) is 0 Å². The van der Waals surface area contributed by atoms with Gasteiger partial charge in [-0.1, -0.05) is 0 Å². The van der Waals surface area contributed by atoms with Crippen molar-refractivity contribution in [1.82, 2.24) is 4.98 Å². The molecule has 4 heteroatoms. The number of aromatic nitrogens is 1. The zero-order valence-electron chi connectivity index (χ0n) is 8.62. The van der Waals surface area contributed by atoms with Crippen LogP contribution in [0.25, 0.3) is 0 Å². The van der Waals surface area contributed by atoms with Crippen molar-refractivity contribution in [2.75, 3.05) is 19.5 Å². The molecule has 0 aliphatic rings. The summed E-state index contributed by atoms with van der Waals surface area (Å²) in [6.45, 7) is 3.30. The molecule has 0 radical (unpaired) electrons. The Morgan fingerprint density at radius 2 is 2.29 bits per heavy atom. The molecule has 0 saturated heterocycles. The average molecular weight is 212 g/mol. The van der Waals surface area contributed by atoms with Gasteiger partial charge in [-0.05, 0) is 24.6 Å². The summed E-state index contributed by atoms with van der Waals surface area (Å²) in [5, 5.41) is 1.03. The fourth-order valence-electron chi connectivity index (χ4n) is 1.13. The monoisotopic (exact) mass is 212 g/mol. The number of pyridine rings is 1. The van der Waals surface area contributed by atoms with E-state index in [9.17, 15) is 0 Å². The molecular formula is C10H16N2OS. The Hall–Kier alpha value is -0.580. The fraction of sp³-hybridized carbons (Fsp3) is 0.500. The minimum atomic E-state index is 0.571. The van der Waals surface area contributed by atoms with Crippen LogP contribution in [0.4, 0.5) is 0 Å². The second-order valence-corrected chi connectivity index (χ2v) is 4.12. The normalized spacial score (nSPS) is 10.5. The third-order valence-corrected chi connectivity index (χ3v) is 2.64. The van der Waals surface area contributed by atoms with Gasteiger partial charge in [0.1, 0.15) is 0 Å². The third kappa shape index (κ3) is 3.65. The SMILES string of the molecule is COCCSc1cc(CN)cc(C)n1. The Labute approximate surface area is 89.1 Å². The molecule has 14 heavy (non-hydrogen) atoms. The van der Waals surface area contributed by atoms with Crippen molar-refractivity contribution < 1.29 is 4.74 Å². The Bertz CT molecular complexity index is 291. The minimum absolute atomic E-state index is 0.571. The number of nitrogens with zero attached hydrogens (tertiary/aromatic N) is 1. The van der Waals surface area contributed by atoms with Crippen molar-refractivity contribution >= 4 is 11.8 Å². The van der Waals surface area contributed by atoms with Crippen LogP contribution in [0.2, 0.25) is 0 Å². The van der Waals surface area contributed by atoms with Crippen LogP contribution in [0, 0.1) is 6.92 Å². The molecule has 78 valence electrons. The number of nitrogens with two attached hydrogens (primary N) is 1. The first-order valence-electron chi connectivity index (χ1n) is 4.55. The summed E-state index contributed by atoms with van der Waals surface area (Å²) in [5.74, 6) is 0.928. The molecule has 3 nitrogen and oxygen atoms in total. The molecule has 0 aliphatic carbocycles. The molecular weight excluding hydrogens is 196 g/mol. The zero-order valence-corrected chi connectivity index (χ0v) is 9.43. The lowest BCUT2D eigenvalue weighted by molar-refractivity contribution is 0.218. The van der Waals surface area contributed by atoms with Crippen molar-refractivity contribution in [2.45, 2.75) is 18.5 Å². The molecule has 0 amide bonds. The van der Waals surface area contributed by atoms with E-state index in [2.05, 4.69) is 4.98 Å². The number of hydrogen-bond donors (Lipinski definition) is 1. The lowest BCUT2D eigenvalue weighted by Gasteiger charge is -2.04. The van der Waals surface area contributed by atoms with Crippen LogP contribution in [-0.2, 0) is 11.3 Å². The molecule has 0 saturated carbocycles. The molecule has 1 aromatic heterocycles. The highest BCUT2D eigenvalue weighted by Gasteiger charge is 1.99. The summed E-state index contributed by atoms with van der Waals surface area (Å²) in [7, 11) is 1.70. The minimum Gasteiger partial charge on any atom is -0.384 e.